The first kappa shape index (κ1) is 12.5. The van der Waals surface area contributed by atoms with Crippen LogP contribution in [0.2, 0.25) is 6.32 Å². The van der Waals surface area contributed by atoms with Gasteiger partial charge in [0, 0.05) is 0 Å². The molecule has 0 saturated heterocycles. The van der Waals surface area contributed by atoms with Crippen LogP contribution in [0.3, 0.4) is 0 Å². The van der Waals surface area contributed by atoms with Crippen molar-refractivity contribution in [3.05, 3.63) is 0 Å². The van der Waals surface area contributed by atoms with Gasteiger partial charge in [-0.05, 0) is 31.0 Å². The van der Waals surface area contributed by atoms with E-state index in [0.29, 0.717) is 12.8 Å². The van der Waals surface area contributed by atoms with Crippen LogP contribution in [0.1, 0.15) is 26.2 Å². The second kappa shape index (κ2) is 4.51. The average Bonchev–Trinajstić information content (AvgIpc) is 2.42. The molecule has 1 aliphatic rings. The molecule has 0 aliphatic heterocycles. The highest BCUT2D eigenvalue weighted by molar-refractivity contribution is 6.40. The van der Waals surface area contributed by atoms with Gasteiger partial charge in [0.05, 0.1) is 0 Å². The van der Waals surface area contributed by atoms with Crippen molar-refractivity contribution in [3.8, 4) is 0 Å². The molecule has 0 bridgehead atoms. The molecule has 1 rings (SSSR count). The van der Waals surface area contributed by atoms with Crippen LogP contribution >= 0.6 is 0 Å². The molecule has 3 atom stereocenters. The zero-order valence-corrected chi connectivity index (χ0v) is 8.89. The first-order valence-electron chi connectivity index (χ1n) is 5.26. The van der Waals surface area contributed by atoms with E-state index in [0.717, 1.165) is 6.42 Å². The van der Waals surface area contributed by atoms with Crippen LogP contribution < -0.4 is 5.73 Å². The minimum atomic E-state index is -1.31. The summed E-state index contributed by atoms with van der Waals surface area (Å²) in [5, 5.41) is 26.5. The summed E-state index contributed by atoms with van der Waals surface area (Å²) in [6, 6.07) is 0. The van der Waals surface area contributed by atoms with E-state index in [2.05, 4.69) is 0 Å². The summed E-state index contributed by atoms with van der Waals surface area (Å²) in [5.74, 6) is -0.899. The number of rotatable bonds is 4. The van der Waals surface area contributed by atoms with Gasteiger partial charge in [-0.15, -0.1) is 0 Å². The molecular weight excluding hydrogens is 197 g/mol. The SMILES string of the molecule is CC1C(CCB(O)O)CCC1(N)C(=O)O. The molecule has 15 heavy (non-hydrogen) atoms. The number of hydrogen-bond acceptors (Lipinski definition) is 4. The summed E-state index contributed by atoms with van der Waals surface area (Å²) < 4.78 is 0. The quantitative estimate of drug-likeness (QED) is 0.481. The fourth-order valence-corrected chi connectivity index (χ4v) is 2.38. The largest absolute Gasteiger partial charge is 0.480 e. The monoisotopic (exact) mass is 215 g/mol. The van der Waals surface area contributed by atoms with Crippen LogP contribution in [0.25, 0.3) is 0 Å². The van der Waals surface area contributed by atoms with Crippen molar-refractivity contribution in [3.63, 3.8) is 0 Å². The Morgan fingerprint density at radius 2 is 2.20 bits per heavy atom. The van der Waals surface area contributed by atoms with Gasteiger partial charge in [-0.3, -0.25) is 4.79 Å². The van der Waals surface area contributed by atoms with Gasteiger partial charge >= 0.3 is 13.1 Å². The van der Waals surface area contributed by atoms with E-state index in [1.807, 2.05) is 6.92 Å². The Labute approximate surface area is 89.4 Å². The van der Waals surface area contributed by atoms with E-state index in [9.17, 15) is 4.79 Å². The van der Waals surface area contributed by atoms with Crippen molar-refractivity contribution in [2.75, 3.05) is 0 Å². The summed E-state index contributed by atoms with van der Waals surface area (Å²) >= 11 is 0. The molecule has 0 amide bonds. The maximum Gasteiger partial charge on any atom is 0.451 e. The first-order chi connectivity index (χ1) is 6.88. The lowest BCUT2D eigenvalue weighted by molar-refractivity contribution is -0.144. The molecule has 0 spiro atoms. The summed E-state index contributed by atoms with van der Waals surface area (Å²) in [7, 11) is -1.31. The molecule has 0 radical (unpaired) electrons. The van der Waals surface area contributed by atoms with Gasteiger partial charge in [0.1, 0.15) is 5.54 Å². The highest BCUT2D eigenvalue weighted by atomic mass is 16.4. The smallest absolute Gasteiger partial charge is 0.451 e. The third kappa shape index (κ3) is 2.51. The third-order valence-corrected chi connectivity index (χ3v) is 3.64. The third-order valence-electron chi connectivity index (χ3n) is 3.64. The lowest BCUT2D eigenvalue weighted by Crippen LogP contribution is -2.51. The standard InChI is InChI=1S/C9H18BNO4/c1-6-7(3-5-10(14)15)2-4-9(6,11)8(12)13/h6-7,14-15H,2-5,11H2,1H3,(H,12,13). The molecule has 5 nitrogen and oxygen atoms in total. The highest BCUT2D eigenvalue weighted by Crippen LogP contribution is 2.41. The molecular formula is C9H18BNO4. The predicted molar refractivity (Wildman–Crippen MR) is 56.1 cm³/mol. The van der Waals surface area contributed by atoms with Crippen LogP contribution in [0.4, 0.5) is 0 Å². The summed E-state index contributed by atoms with van der Waals surface area (Å²) in [6.45, 7) is 1.83. The second-order valence-corrected chi connectivity index (χ2v) is 4.49. The molecule has 1 fully saturated rings. The Morgan fingerprint density at radius 1 is 1.60 bits per heavy atom. The maximum atomic E-state index is 11.0. The lowest BCUT2D eigenvalue weighted by atomic mass is 9.76. The van der Waals surface area contributed by atoms with E-state index in [1.165, 1.54) is 0 Å². The molecule has 6 heteroatoms. The average molecular weight is 215 g/mol. The zero-order valence-electron chi connectivity index (χ0n) is 8.89. The van der Waals surface area contributed by atoms with E-state index in [4.69, 9.17) is 20.9 Å². The van der Waals surface area contributed by atoms with Crippen LogP contribution in [-0.4, -0.2) is 33.8 Å². The second-order valence-electron chi connectivity index (χ2n) is 4.49. The van der Waals surface area contributed by atoms with Crippen LogP contribution in [0.5, 0.6) is 0 Å². The molecule has 3 unspecified atom stereocenters. The van der Waals surface area contributed by atoms with Crippen LogP contribution in [-0.2, 0) is 4.79 Å². The Hall–Kier alpha value is -0.585. The fourth-order valence-electron chi connectivity index (χ4n) is 2.38. The summed E-state index contributed by atoms with van der Waals surface area (Å²) in [4.78, 5) is 11.0. The van der Waals surface area contributed by atoms with Crippen LogP contribution in [0.15, 0.2) is 0 Å². The van der Waals surface area contributed by atoms with E-state index >= 15 is 0 Å². The molecule has 0 aromatic heterocycles. The number of hydrogen-bond donors (Lipinski definition) is 4. The molecule has 1 aliphatic carbocycles. The minimum Gasteiger partial charge on any atom is -0.480 e. The Balaban J connectivity index is 2.56. The van der Waals surface area contributed by atoms with Crippen molar-refractivity contribution in [1.29, 1.82) is 0 Å². The number of aliphatic carboxylic acids is 1. The van der Waals surface area contributed by atoms with Gasteiger partial charge in [0.15, 0.2) is 0 Å². The van der Waals surface area contributed by atoms with Crippen LogP contribution in [0, 0.1) is 11.8 Å². The molecule has 5 N–H and O–H groups in total. The number of nitrogens with two attached hydrogens (primary N) is 1. The van der Waals surface area contributed by atoms with Gasteiger partial charge in [-0.2, -0.15) is 0 Å². The van der Waals surface area contributed by atoms with Crippen molar-refractivity contribution in [2.24, 2.45) is 17.6 Å². The van der Waals surface area contributed by atoms with Gasteiger partial charge in [0.25, 0.3) is 0 Å². The topological polar surface area (TPSA) is 104 Å². The molecule has 1 saturated carbocycles. The first-order valence-corrected chi connectivity index (χ1v) is 5.26. The zero-order chi connectivity index (χ0) is 11.6. The Bertz CT molecular complexity index is 248. The Morgan fingerprint density at radius 3 is 2.60 bits per heavy atom. The predicted octanol–water partition coefficient (Wildman–Crippen LogP) is -0.323. The van der Waals surface area contributed by atoms with Crippen molar-refractivity contribution in [1.82, 2.24) is 0 Å². The van der Waals surface area contributed by atoms with E-state index in [1.54, 1.807) is 0 Å². The maximum absolute atomic E-state index is 11.0. The molecule has 86 valence electrons. The minimum absolute atomic E-state index is 0.117. The lowest BCUT2D eigenvalue weighted by Gasteiger charge is -2.26. The van der Waals surface area contributed by atoms with Gasteiger partial charge in [0.2, 0.25) is 0 Å². The highest BCUT2D eigenvalue weighted by Gasteiger charge is 2.48. The van der Waals surface area contributed by atoms with Gasteiger partial charge in [-0.25, -0.2) is 0 Å². The van der Waals surface area contributed by atoms with Crippen molar-refractivity contribution in [2.45, 2.75) is 38.0 Å². The van der Waals surface area contributed by atoms with Crippen molar-refractivity contribution >= 4 is 13.1 Å². The normalized spacial score (nSPS) is 35.5. The number of carboxylic acids is 1. The van der Waals surface area contributed by atoms with Crippen molar-refractivity contribution < 1.29 is 19.9 Å². The number of carbonyl (C=O) groups is 1. The van der Waals surface area contributed by atoms with E-state index in [-0.39, 0.29) is 18.2 Å². The number of carboxylic acid groups (broad SMARTS) is 1. The Kier molecular flexibility index (Phi) is 3.75. The summed E-state index contributed by atoms with van der Waals surface area (Å²) in [5.41, 5.74) is 4.68. The summed E-state index contributed by atoms with van der Waals surface area (Å²) in [6.07, 6.45) is 2.11. The van der Waals surface area contributed by atoms with Gasteiger partial charge in [-0.1, -0.05) is 13.3 Å². The van der Waals surface area contributed by atoms with Gasteiger partial charge < -0.3 is 20.9 Å². The molecule has 0 aromatic carbocycles. The van der Waals surface area contributed by atoms with E-state index < -0.39 is 18.6 Å². The molecule has 0 heterocycles. The molecule has 0 aromatic rings. The fraction of sp³-hybridized carbons (Fsp3) is 0.889.